The summed E-state index contributed by atoms with van der Waals surface area (Å²) in [6, 6.07) is 5.71. The molecule has 0 aliphatic heterocycles. The smallest absolute Gasteiger partial charge is 0.248 e. The van der Waals surface area contributed by atoms with E-state index in [2.05, 4.69) is 41.2 Å². The lowest BCUT2D eigenvalue weighted by Gasteiger charge is -2.12. The van der Waals surface area contributed by atoms with Crippen molar-refractivity contribution in [2.24, 2.45) is 0 Å². The summed E-state index contributed by atoms with van der Waals surface area (Å²) in [5, 5.41) is 7.40. The fourth-order valence-electron chi connectivity index (χ4n) is 2.16. The van der Waals surface area contributed by atoms with Crippen LogP contribution in [-0.4, -0.2) is 15.1 Å². The third-order valence-electron chi connectivity index (χ3n) is 3.36. The second-order valence-electron chi connectivity index (χ2n) is 6.49. The first-order valence-electron chi connectivity index (χ1n) is 7.31. The van der Waals surface area contributed by atoms with Crippen molar-refractivity contribution >= 4 is 16.8 Å². The number of hydrogen-bond donors (Lipinski definition) is 1. The molecule has 1 atom stereocenters. The van der Waals surface area contributed by atoms with Gasteiger partial charge in [0.15, 0.2) is 17.3 Å². The predicted molar refractivity (Wildman–Crippen MR) is 83.8 cm³/mol. The molecule has 0 fully saturated rings. The van der Waals surface area contributed by atoms with Gasteiger partial charge in [0.25, 0.3) is 0 Å². The molecule has 1 aromatic carbocycles. The molecule has 116 valence electrons. The molecular formula is C16H20N4O2. The van der Waals surface area contributed by atoms with Crippen molar-refractivity contribution < 1.29 is 8.94 Å². The van der Waals surface area contributed by atoms with E-state index < -0.39 is 0 Å². The lowest BCUT2D eigenvalue weighted by Crippen LogP contribution is -2.14. The number of oxazole rings is 1. The fourth-order valence-corrected chi connectivity index (χ4v) is 2.16. The minimum atomic E-state index is -0.126. The van der Waals surface area contributed by atoms with Crippen molar-refractivity contribution in [3.8, 4) is 0 Å². The summed E-state index contributed by atoms with van der Waals surface area (Å²) in [5.74, 6) is 1.94. The van der Waals surface area contributed by atoms with Crippen molar-refractivity contribution in [1.82, 2.24) is 15.1 Å². The Labute approximate surface area is 128 Å². The zero-order valence-electron chi connectivity index (χ0n) is 13.5. The van der Waals surface area contributed by atoms with Gasteiger partial charge in [0.2, 0.25) is 5.89 Å². The van der Waals surface area contributed by atoms with E-state index in [4.69, 9.17) is 8.94 Å². The van der Waals surface area contributed by atoms with Crippen LogP contribution in [0.4, 0.5) is 5.69 Å². The van der Waals surface area contributed by atoms with E-state index in [9.17, 15) is 0 Å². The molecule has 1 unspecified atom stereocenters. The van der Waals surface area contributed by atoms with Gasteiger partial charge in [-0.25, -0.2) is 4.98 Å². The highest BCUT2D eigenvalue weighted by atomic mass is 16.5. The van der Waals surface area contributed by atoms with E-state index >= 15 is 0 Å². The van der Waals surface area contributed by atoms with Crippen LogP contribution in [0.2, 0.25) is 0 Å². The number of rotatable bonds is 3. The summed E-state index contributed by atoms with van der Waals surface area (Å²) in [4.78, 5) is 8.80. The Kier molecular flexibility index (Phi) is 3.39. The summed E-state index contributed by atoms with van der Waals surface area (Å²) >= 11 is 0. The maximum atomic E-state index is 5.47. The van der Waals surface area contributed by atoms with E-state index in [0.29, 0.717) is 17.6 Å². The summed E-state index contributed by atoms with van der Waals surface area (Å²) in [7, 11) is 0. The zero-order chi connectivity index (χ0) is 15.9. The van der Waals surface area contributed by atoms with Gasteiger partial charge in [0.1, 0.15) is 11.6 Å². The maximum absolute atomic E-state index is 5.47. The fraction of sp³-hybridized carbons (Fsp3) is 0.438. The predicted octanol–water partition coefficient (Wildman–Crippen LogP) is 3.99. The Bertz CT molecular complexity index is 798. The van der Waals surface area contributed by atoms with Crippen molar-refractivity contribution in [1.29, 1.82) is 0 Å². The highest BCUT2D eigenvalue weighted by Crippen LogP contribution is 2.25. The zero-order valence-corrected chi connectivity index (χ0v) is 13.5. The molecule has 2 heterocycles. The minimum absolute atomic E-state index is 0.0888. The monoisotopic (exact) mass is 300 g/mol. The van der Waals surface area contributed by atoms with Crippen LogP contribution >= 0.6 is 0 Å². The number of anilines is 1. The average molecular weight is 300 g/mol. The molecule has 6 heteroatoms. The molecule has 0 radical (unpaired) electrons. The van der Waals surface area contributed by atoms with Crippen LogP contribution in [0.5, 0.6) is 0 Å². The number of nitrogens with one attached hydrogen (secondary N) is 1. The number of aromatic nitrogens is 3. The normalized spacial score (nSPS) is 13.5. The van der Waals surface area contributed by atoms with Gasteiger partial charge in [0.05, 0.1) is 0 Å². The van der Waals surface area contributed by atoms with Crippen molar-refractivity contribution in [2.75, 3.05) is 5.32 Å². The lowest BCUT2D eigenvalue weighted by molar-refractivity contribution is 0.354. The first kappa shape index (κ1) is 14.6. The number of nitrogens with zero attached hydrogens (tertiary/aromatic N) is 3. The molecule has 2 aromatic heterocycles. The van der Waals surface area contributed by atoms with Gasteiger partial charge in [-0.05, 0) is 25.1 Å². The minimum Gasteiger partial charge on any atom is -0.441 e. The quantitative estimate of drug-likeness (QED) is 0.788. The Balaban J connectivity index is 1.80. The molecule has 6 nitrogen and oxygen atoms in total. The maximum Gasteiger partial charge on any atom is 0.248 e. The van der Waals surface area contributed by atoms with Crippen LogP contribution in [-0.2, 0) is 5.41 Å². The molecule has 1 N–H and O–H groups in total. The average Bonchev–Trinajstić information content (AvgIpc) is 3.02. The molecule has 0 bridgehead atoms. The summed E-state index contributed by atoms with van der Waals surface area (Å²) in [6.07, 6.45) is 0. The third kappa shape index (κ3) is 2.81. The van der Waals surface area contributed by atoms with Crippen LogP contribution < -0.4 is 5.32 Å². The number of benzene rings is 1. The van der Waals surface area contributed by atoms with Crippen molar-refractivity contribution in [2.45, 2.75) is 46.1 Å². The van der Waals surface area contributed by atoms with Crippen molar-refractivity contribution in [3.63, 3.8) is 0 Å². The molecule has 3 aromatic rings. The molecule has 0 aliphatic carbocycles. The Hall–Kier alpha value is -2.37. The van der Waals surface area contributed by atoms with E-state index in [-0.39, 0.29) is 11.5 Å². The first-order valence-corrected chi connectivity index (χ1v) is 7.31. The Morgan fingerprint density at radius 2 is 1.95 bits per heavy atom. The van der Waals surface area contributed by atoms with Gasteiger partial charge in [-0.3, -0.25) is 0 Å². The topological polar surface area (TPSA) is 77.0 Å². The van der Waals surface area contributed by atoms with Crippen LogP contribution in [0.1, 0.15) is 51.3 Å². The van der Waals surface area contributed by atoms with Crippen LogP contribution in [0, 0.1) is 6.92 Å². The van der Waals surface area contributed by atoms with E-state index in [1.54, 1.807) is 0 Å². The van der Waals surface area contributed by atoms with Gasteiger partial charge in [-0.1, -0.05) is 25.9 Å². The molecule has 0 saturated heterocycles. The summed E-state index contributed by atoms with van der Waals surface area (Å²) < 4.78 is 10.8. The molecule has 0 spiro atoms. The number of fused-ring (bicyclic) bond motifs is 1. The first-order chi connectivity index (χ1) is 10.3. The van der Waals surface area contributed by atoms with Gasteiger partial charge in [-0.2, -0.15) is 4.98 Å². The second-order valence-corrected chi connectivity index (χ2v) is 6.49. The van der Waals surface area contributed by atoms with Crippen molar-refractivity contribution in [3.05, 3.63) is 35.8 Å². The van der Waals surface area contributed by atoms with E-state index in [1.807, 2.05) is 32.0 Å². The SMILES string of the molecule is Cc1nc2cc(NC(C)c3nc(C(C)(C)C)no3)ccc2o1. The van der Waals surface area contributed by atoms with Gasteiger partial charge >= 0.3 is 0 Å². The molecule has 3 rings (SSSR count). The van der Waals surface area contributed by atoms with E-state index in [0.717, 1.165) is 16.8 Å². The largest absolute Gasteiger partial charge is 0.441 e. The summed E-state index contributed by atoms with van der Waals surface area (Å²) in [6.45, 7) is 9.99. The molecule has 0 aliphatic rings. The molecule has 22 heavy (non-hydrogen) atoms. The molecular weight excluding hydrogens is 280 g/mol. The third-order valence-corrected chi connectivity index (χ3v) is 3.36. The van der Waals surface area contributed by atoms with Gasteiger partial charge < -0.3 is 14.3 Å². The molecule has 0 saturated carbocycles. The standard InChI is InChI=1S/C16H20N4O2/c1-9(14-19-15(20-22-14)16(3,4)5)17-11-6-7-13-12(8-11)18-10(2)21-13/h6-9,17H,1-5H3. The Morgan fingerprint density at radius 1 is 1.18 bits per heavy atom. The summed E-state index contributed by atoms with van der Waals surface area (Å²) in [5.41, 5.74) is 2.42. The lowest BCUT2D eigenvalue weighted by atomic mass is 9.96. The van der Waals surface area contributed by atoms with Gasteiger partial charge in [0, 0.05) is 18.0 Å². The Morgan fingerprint density at radius 3 is 2.64 bits per heavy atom. The number of aryl methyl sites for hydroxylation is 1. The highest BCUT2D eigenvalue weighted by Gasteiger charge is 2.23. The van der Waals surface area contributed by atoms with E-state index in [1.165, 1.54) is 0 Å². The highest BCUT2D eigenvalue weighted by molar-refractivity contribution is 5.77. The van der Waals surface area contributed by atoms with Crippen LogP contribution in [0.25, 0.3) is 11.1 Å². The second kappa shape index (κ2) is 5.12. The van der Waals surface area contributed by atoms with Crippen LogP contribution in [0.15, 0.2) is 27.1 Å². The molecule has 0 amide bonds. The van der Waals surface area contributed by atoms with Crippen LogP contribution in [0.3, 0.4) is 0 Å². The number of hydrogen-bond acceptors (Lipinski definition) is 6. The van der Waals surface area contributed by atoms with Gasteiger partial charge in [-0.15, -0.1) is 0 Å².